The van der Waals surface area contributed by atoms with Crippen LogP contribution in [-0.2, 0) is 9.53 Å². The quantitative estimate of drug-likeness (QED) is 0.595. The fraction of sp³-hybridized carbons (Fsp3) is 0.875. The summed E-state index contributed by atoms with van der Waals surface area (Å²) >= 11 is 0. The lowest BCUT2D eigenvalue weighted by Crippen LogP contribution is -2.15. The summed E-state index contributed by atoms with van der Waals surface area (Å²) in [5.74, 6) is 0.591. The van der Waals surface area contributed by atoms with Gasteiger partial charge in [-0.2, -0.15) is 0 Å². The molecule has 3 nitrogen and oxygen atoms in total. The molecule has 1 fully saturated rings. The highest BCUT2D eigenvalue weighted by atomic mass is 16.5. The number of ether oxygens (including phenoxy) is 1. The monoisotopic (exact) mass is 157 g/mol. The van der Waals surface area contributed by atoms with Crippen LogP contribution in [0.2, 0.25) is 0 Å². The number of hydrogen-bond acceptors (Lipinski definition) is 3. The average Bonchev–Trinajstić information content (AvgIpc) is 2.50. The number of esters is 1. The number of nitrogens with two attached hydrogens (primary N) is 1. The summed E-state index contributed by atoms with van der Waals surface area (Å²) in [6, 6.07) is 0. The van der Waals surface area contributed by atoms with Crippen LogP contribution in [0.25, 0.3) is 0 Å². The predicted octanol–water partition coefficient (Wildman–Crippen LogP) is 0.534. The van der Waals surface area contributed by atoms with E-state index in [1.54, 1.807) is 0 Å². The molecule has 0 saturated heterocycles. The van der Waals surface area contributed by atoms with Crippen molar-refractivity contribution in [3.63, 3.8) is 0 Å². The summed E-state index contributed by atoms with van der Waals surface area (Å²) in [6.07, 6.45) is 2.95. The van der Waals surface area contributed by atoms with E-state index in [1.807, 2.05) is 0 Å². The maximum absolute atomic E-state index is 11.0. The highest BCUT2D eigenvalue weighted by molar-refractivity contribution is 5.72. The van der Waals surface area contributed by atoms with Crippen LogP contribution in [0.15, 0.2) is 0 Å². The molecule has 0 amide bonds. The molecule has 1 saturated carbocycles. The van der Waals surface area contributed by atoms with Gasteiger partial charge in [0.2, 0.25) is 0 Å². The molecule has 2 N–H and O–H groups in total. The molecule has 64 valence electrons. The number of methoxy groups -OCH3 is 1. The van der Waals surface area contributed by atoms with Gasteiger partial charge in [-0.05, 0) is 31.7 Å². The minimum atomic E-state index is -0.0686. The molecule has 0 spiro atoms. The number of rotatable bonds is 2. The summed E-state index contributed by atoms with van der Waals surface area (Å²) in [5.41, 5.74) is 5.49. The Hall–Kier alpha value is -0.570. The number of hydrogen-bond donors (Lipinski definition) is 1. The van der Waals surface area contributed by atoms with E-state index in [9.17, 15) is 4.79 Å². The molecular formula is C8H15NO2. The molecule has 1 rings (SSSR count). The van der Waals surface area contributed by atoms with Crippen molar-refractivity contribution in [1.29, 1.82) is 0 Å². The first-order chi connectivity index (χ1) is 5.27. The lowest BCUT2D eigenvalue weighted by Gasteiger charge is -2.06. The summed E-state index contributed by atoms with van der Waals surface area (Å²) < 4.78 is 4.65. The van der Waals surface area contributed by atoms with E-state index in [0.29, 0.717) is 12.5 Å². The molecule has 0 bridgehead atoms. The summed E-state index contributed by atoms with van der Waals surface area (Å²) in [5, 5.41) is 0. The molecule has 0 aromatic rings. The van der Waals surface area contributed by atoms with Crippen molar-refractivity contribution in [3.8, 4) is 0 Å². The normalized spacial score (nSPS) is 30.4. The largest absolute Gasteiger partial charge is 0.469 e. The van der Waals surface area contributed by atoms with E-state index < -0.39 is 0 Å². The Morgan fingerprint density at radius 1 is 1.64 bits per heavy atom. The zero-order chi connectivity index (χ0) is 8.27. The Bertz CT molecular complexity index is 147. The third-order valence-electron chi connectivity index (χ3n) is 2.41. The Labute approximate surface area is 66.9 Å². The number of carbonyl (C=O) groups is 1. The molecular weight excluding hydrogens is 142 g/mol. The zero-order valence-corrected chi connectivity index (χ0v) is 6.88. The molecule has 0 aliphatic heterocycles. The smallest absolute Gasteiger partial charge is 0.308 e. The molecule has 2 atom stereocenters. The van der Waals surface area contributed by atoms with E-state index in [-0.39, 0.29) is 11.9 Å². The van der Waals surface area contributed by atoms with Crippen LogP contribution in [0.3, 0.4) is 0 Å². The van der Waals surface area contributed by atoms with Gasteiger partial charge in [-0.1, -0.05) is 0 Å². The molecule has 11 heavy (non-hydrogen) atoms. The lowest BCUT2D eigenvalue weighted by atomic mass is 10.1. The third kappa shape index (κ3) is 1.93. The Kier molecular flexibility index (Phi) is 2.88. The second-order valence-electron chi connectivity index (χ2n) is 3.13. The van der Waals surface area contributed by atoms with Crippen molar-refractivity contribution < 1.29 is 9.53 Å². The first-order valence-electron chi connectivity index (χ1n) is 4.05. The molecule has 0 heterocycles. The lowest BCUT2D eigenvalue weighted by molar-refractivity contribution is -0.145. The van der Waals surface area contributed by atoms with Crippen LogP contribution in [0.5, 0.6) is 0 Å². The molecule has 0 radical (unpaired) electrons. The van der Waals surface area contributed by atoms with Gasteiger partial charge < -0.3 is 10.5 Å². The van der Waals surface area contributed by atoms with Crippen molar-refractivity contribution >= 4 is 5.97 Å². The van der Waals surface area contributed by atoms with Crippen LogP contribution in [0.4, 0.5) is 0 Å². The van der Waals surface area contributed by atoms with Gasteiger partial charge in [-0.3, -0.25) is 4.79 Å². The maximum Gasteiger partial charge on any atom is 0.308 e. The third-order valence-corrected chi connectivity index (χ3v) is 2.41. The van der Waals surface area contributed by atoms with Crippen LogP contribution in [0.1, 0.15) is 19.3 Å². The van der Waals surface area contributed by atoms with Crippen molar-refractivity contribution in [3.05, 3.63) is 0 Å². The van der Waals surface area contributed by atoms with E-state index in [2.05, 4.69) is 4.74 Å². The van der Waals surface area contributed by atoms with Gasteiger partial charge in [0.15, 0.2) is 0 Å². The van der Waals surface area contributed by atoms with Gasteiger partial charge in [0.25, 0.3) is 0 Å². The highest BCUT2D eigenvalue weighted by Gasteiger charge is 2.29. The van der Waals surface area contributed by atoms with E-state index in [4.69, 9.17) is 5.73 Å². The topological polar surface area (TPSA) is 52.3 Å². The second kappa shape index (κ2) is 3.72. The fourth-order valence-electron chi connectivity index (χ4n) is 1.67. The van der Waals surface area contributed by atoms with Gasteiger partial charge in [0.1, 0.15) is 0 Å². The second-order valence-corrected chi connectivity index (χ2v) is 3.13. The molecule has 3 heteroatoms. The van der Waals surface area contributed by atoms with Gasteiger partial charge >= 0.3 is 5.97 Å². The molecule has 1 aliphatic carbocycles. The minimum Gasteiger partial charge on any atom is -0.469 e. The average molecular weight is 157 g/mol. The van der Waals surface area contributed by atoms with Crippen LogP contribution in [0, 0.1) is 11.8 Å². The van der Waals surface area contributed by atoms with Gasteiger partial charge in [-0.15, -0.1) is 0 Å². The first-order valence-corrected chi connectivity index (χ1v) is 4.05. The molecule has 0 aromatic carbocycles. The van der Waals surface area contributed by atoms with E-state index >= 15 is 0 Å². The Morgan fingerprint density at radius 2 is 2.36 bits per heavy atom. The van der Waals surface area contributed by atoms with Crippen LogP contribution >= 0.6 is 0 Å². The molecule has 1 aliphatic rings. The summed E-state index contributed by atoms with van der Waals surface area (Å²) in [7, 11) is 1.44. The van der Waals surface area contributed by atoms with Crippen molar-refractivity contribution in [1.82, 2.24) is 0 Å². The molecule has 0 aromatic heterocycles. The zero-order valence-electron chi connectivity index (χ0n) is 6.88. The Balaban J connectivity index is 2.35. The number of carbonyl (C=O) groups excluding carboxylic acids is 1. The van der Waals surface area contributed by atoms with Gasteiger partial charge in [-0.25, -0.2) is 0 Å². The standard InChI is InChI=1S/C8H15NO2/c1-11-8(10)7-3-2-6(4-7)5-9/h6-7H,2-5,9H2,1H3/t6-,7+/m1/s1. The minimum absolute atomic E-state index is 0.0686. The summed E-state index contributed by atoms with van der Waals surface area (Å²) in [4.78, 5) is 11.0. The van der Waals surface area contributed by atoms with Crippen LogP contribution in [-0.4, -0.2) is 19.6 Å². The van der Waals surface area contributed by atoms with E-state index in [1.165, 1.54) is 7.11 Å². The SMILES string of the molecule is COC(=O)[C@H]1CC[C@@H](CN)C1. The predicted molar refractivity (Wildman–Crippen MR) is 41.9 cm³/mol. The highest BCUT2D eigenvalue weighted by Crippen LogP contribution is 2.30. The van der Waals surface area contributed by atoms with Crippen LogP contribution < -0.4 is 5.73 Å². The first kappa shape index (κ1) is 8.53. The maximum atomic E-state index is 11.0. The van der Waals surface area contributed by atoms with Crippen molar-refractivity contribution in [2.24, 2.45) is 17.6 Å². The van der Waals surface area contributed by atoms with Gasteiger partial charge in [0.05, 0.1) is 13.0 Å². The van der Waals surface area contributed by atoms with E-state index in [0.717, 1.165) is 19.3 Å². The van der Waals surface area contributed by atoms with Crippen molar-refractivity contribution in [2.75, 3.05) is 13.7 Å². The summed E-state index contributed by atoms with van der Waals surface area (Å²) in [6.45, 7) is 0.702. The fourth-order valence-corrected chi connectivity index (χ4v) is 1.67. The van der Waals surface area contributed by atoms with Crippen molar-refractivity contribution in [2.45, 2.75) is 19.3 Å². The van der Waals surface area contributed by atoms with Gasteiger partial charge in [0, 0.05) is 0 Å². The molecule has 0 unspecified atom stereocenters. The Morgan fingerprint density at radius 3 is 2.82 bits per heavy atom.